The molecule has 0 atom stereocenters. The molecule has 0 aliphatic carbocycles. The minimum absolute atomic E-state index is 0.0263. The summed E-state index contributed by atoms with van der Waals surface area (Å²) in [5.74, 6) is 0.765. The van der Waals surface area contributed by atoms with E-state index in [0.29, 0.717) is 25.4 Å². The summed E-state index contributed by atoms with van der Waals surface area (Å²) in [5, 5.41) is 1.10. The molecule has 1 aliphatic rings. The Hall–Kier alpha value is -2.88. The minimum atomic E-state index is 0.0263. The number of likely N-dealkylation sites (tertiary alicyclic amines) is 1. The van der Waals surface area contributed by atoms with Crippen molar-refractivity contribution in [2.75, 3.05) is 13.1 Å². The number of ether oxygens (including phenoxy) is 1. The molecule has 0 N–H and O–H groups in total. The van der Waals surface area contributed by atoms with E-state index in [0.717, 1.165) is 16.5 Å². The molecule has 1 fully saturated rings. The van der Waals surface area contributed by atoms with E-state index < -0.39 is 0 Å². The molecule has 3 aromatic rings. The number of rotatable bonds is 4. The SMILES string of the molecule is O=C(Cc1ccccc1)N1CC(Oc2ccc3ccccc3n2)C1. The number of carbonyl (C=O) groups excluding carboxylic acids is 1. The van der Waals surface area contributed by atoms with Crippen molar-refractivity contribution in [2.24, 2.45) is 0 Å². The van der Waals surface area contributed by atoms with E-state index in [1.54, 1.807) is 0 Å². The Balaban J connectivity index is 1.33. The molecule has 1 aromatic heterocycles. The van der Waals surface area contributed by atoms with Gasteiger partial charge in [0.2, 0.25) is 11.8 Å². The summed E-state index contributed by atoms with van der Waals surface area (Å²) < 4.78 is 5.88. The lowest BCUT2D eigenvalue weighted by Crippen LogP contribution is -2.56. The molecule has 2 aromatic carbocycles. The molecule has 1 saturated heterocycles. The van der Waals surface area contributed by atoms with Crippen LogP contribution in [0.3, 0.4) is 0 Å². The lowest BCUT2D eigenvalue weighted by atomic mass is 10.1. The van der Waals surface area contributed by atoms with E-state index >= 15 is 0 Å². The number of nitrogens with zero attached hydrogens (tertiary/aromatic N) is 2. The van der Waals surface area contributed by atoms with Gasteiger partial charge in [-0.25, -0.2) is 4.98 Å². The van der Waals surface area contributed by atoms with E-state index in [9.17, 15) is 4.79 Å². The molecule has 0 saturated carbocycles. The standard InChI is InChI=1S/C20H18N2O2/c23-20(12-15-6-2-1-3-7-15)22-13-17(14-22)24-19-11-10-16-8-4-5-9-18(16)21-19/h1-11,17H,12-14H2. The first-order valence-corrected chi connectivity index (χ1v) is 8.12. The van der Waals surface area contributed by atoms with Crippen LogP contribution in [0.4, 0.5) is 0 Å². The van der Waals surface area contributed by atoms with E-state index in [-0.39, 0.29) is 12.0 Å². The molecule has 0 radical (unpaired) electrons. The highest BCUT2D eigenvalue weighted by molar-refractivity contribution is 5.80. The van der Waals surface area contributed by atoms with Crippen LogP contribution in [0.5, 0.6) is 5.88 Å². The average molecular weight is 318 g/mol. The van der Waals surface area contributed by atoms with E-state index in [1.165, 1.54) is 0 Å². The Labute approximate surface area is 140 Å². The van der Waals surface area contributed by atoms with E-state index in [1.807, 2.05) is 71.6 Å². The highest BCUT2D eigenvalue weighted by atomic mass is 16.5. The molecule has 24 heavy (non-hydrogen) atoms. The number of amides is 1. The lowest BCUT2D eigenvalue weighted by Gasteiger charge is -2.38. The van der Waals surface area contributed by atoms with Crippen LogP contribution in [0.1, 0.15) is 5.56 Å². The number of hydrogen-bond donors (Lipinski definition) is 0. The van der Waals surface area contributed by atoms with Gasteiger partial charge in [0.05, 0.1) is 25.0 Å². The minimum Gasteiger partial charge on any atom is -0.471 e. The van der Waals surface area contributed by atoms with Crippen LogP contribution in [0.15, 0.2) is 66.7 Å². The molecular formula is C20H18N2O2. The summed E-state index contributed by atoms with van der Waals surface area (Å²) in [5.41, 5.74) is 1.97. The molecule has 4 rings (SSSR count). The van der Waals surface area contributed by atoms with Crippen molar-refractivity contribution in [2.45, 2.75) is 12.5 Å². The van der Waals surface area contributed by atoms with E-state index in [4.69, 9.17) is 4.74 Å². The quantitative estimate of drug-likeness (QED) is 0.742. The zero-order valence-electron chi connectivity index (χ0n) is 13.3. The Morgan fingerprint density at radius 3 is 2.58 bits per heavy atom. The Morgan fingerprint density at radius 1 is 1.00 bits per heavy atom. The predicted octanol–water partition coefficient (Wildman–Crippen LogP) is 3.07. The number of para-hydroxylation sites is 1. The molecule has 1 amide bonds. The maximum Gasteiger partial charge on any atom is 0.227 e. The molecule has 120 valence electrons. The number of benzene rings is 2. The third kappa shape index (κ3) is 3.08. The summed E-state index contributed by atoms with van der Waals surface area (Å²) in [6.45, 7) is 1.25. The Bertz CT molecular complexity index is 858. The summed E-state index contributed by atoms with van der Waals surface area (Å²) in [6, 6.07) is 21.7. The third-order valence-corrected chi connectivity index (χ3v) is 4.26. The first-order chi connectivity index (χ1) is 11.8. The average Bonchev–Trinajstić information content (AvgIpc) is 2.58. The van der Waals surface area contributed by atoms with Crippen molar-refractivity contribution in [3.05, 3.63) is 72.3 Å². The maximum atomic E-state index is 12.2. The monoisotopic (exact) mass is 318 g/mol. The van der Waals surface area contributed by atoms with Gasteiger partial charge in [0.15, 0.2) is 0 Å². The predicted molar refractivity (Wildman–Crippen MR) is 92.9 cm³/mol. The van der Waals surface area contributed by atoms with Gasteiger partial charge < -0.3 is 9.64 Å². The van der Waals surface area contributed by atoms with Crippen molar-refractivity contribution < 1.29 is 9.53 Å². The lowest BCUT2D eigenvalue weighted by molar-refractivity contribution is -0.139. The van der Waals surface area contributed by atoms with Gasteiger partial charge in [0.25, 0.3) is 0 Å². The zero-order chi connectivity index (χ0) is 16.4. The second kappa shape index (κ2) is 6.32. The smallest absolute Gasteiger partial charge is 0.227 e. The highest BCUT2D eigenvalue weighted by Crippen LogP contribution is 2.20. The van der Waals surface area contributed by atoms with Gasteiger partial charge in [-0.2, -0.15) is 0 Å². The second-order valence-corrected chi connectivity index (χ2v) is 6.04. The Morgan fingerprint density at radius 2 is 1.75 bits per heavy atom. The fourth-order valence-corrected chi connectivity index (χ4v) is 2.88. The fourth-order valence-electron chi connectivity index (χ4n) is 2.88. The third-order valence-electron chi connectivity index (χ3n) is 4.26. The Kier molecular flexibility index (Phi) is 3.87. The van der Waals surface area contributed by atoms with Crippen molar-refractivity contribution in [1.29, 1.82) is 0 Å². The van der Waals surface area contributed by atoms with Gasteiger partial charge in [0, 0.05) is 11.5 Å². The molecule has 0 spiro atoms. The topological polar surface area (TPSA) is 42.4 Å². The van der Waals surface area contributed by atoms with Gasteiger partial charge >= 0.3 is 0 Å². The van der Waals surface area contributed by atoms with Crippen molar-refractivity contribution in [3.63, 3.8) is 0 Å². The summed E-state index contributed by atoms with van der Waals surface area (Å²) in [7, 11) is 0. The first-order valence-electron chi connectivity index (χ1n) is 8.12. The largest absolute Gasteiger partial charge is 0.471 e. The number of hydrogen-bond acceptors (Lipinski definition) is 3. The summed E-state index contributed by atoms with van der Waals surface area (Å²) >= 11 is 0. The van der Waals surface area contributed by atoms with E-state index in [2.05, 4.69) is 4.98 Å². The summed E-state index contributed by atoms with van der Waals surface area (Å²) in [6.07, 6.45) is 0.472. The van der Waals surface area contributed by atoms with Crippen LogP contribution in [-0.2, 0) is 11.2 Å². The van der Waals surface area contributed by atoms with Gasteiger partial charge in [-0.1, -0.05) is 48.5 Å². The van der Waals surface area contributed by atoms with Crippen molar-refractivity contribution in [3.8, 4) is 5.88 Å². The molecule has 4 heteroatoms. The van der Waals surface area contributed by atoms with Crippen LogP contribution in [-0.4, -0.2) is 35.0 Å². The summed E-state index contributed by atoms with van der Waals surface area (Å²) in [4.78, 5) is 18.6. The molecule has 2 heterocycles. The molecule has 1 aliphatic heterocycles. The first kappa shape index (κ1) is 14.7. The number of pyridine rings is 1. The number of carbonyl (C=O) groups is 1. The molecule has 0 bridgehead atoms. The van der Waals surface area contributed by atoms with Crippen molar-refractivity contribution in [1.82, 2.24) is 9.88 Å². The van der Waals surface area contributed by atoms with Gasteiger partial charge in [-0.3, -0.25) is 4.79 Å². The van der Waals surface area contributed by atoms with Crippen LogP contribution in [0, 0.1) is 0 Å². The molecule has 4 nitrogen and oxygen atoms in total. The van der Waals surface area contributed by atoms with Crippen molar-refractivity contribution >= 4 is 16.8 Å². The normalized spacial score (nSPS) is 14.4. The fraction of sp³-hybridized carbons (Fsp3) is 0.200. The number of fused-ring (bicyclic) bond motifs is 1. The second-order valence-electron chi connectivity index (χ2n) is 6.04. The van der Waals surface area contributed by atoms with Crippen LogP contribution >= 0.6 is 0 Å². The van der Waals surface area contributed by atoms with Gasteiger partial charge in [-0.05, 0) is 17.7 Å². The van der Waals surface area contributed by atoms with Gasteiger partial charge in [-0.15, -0.1) is 0 Å². The highest BCUT2D eigenvalue weighted by Gasteiger charge is 2.32. The number of aromatic nitrogens is 1. The van der Waals surface area contributed by atoms with Crippen LogP contribution < -0.4 is 4.74 Å². The molecular weight excluding hydrogens is 300 g/mol. The van der Waals surface area contributed by atoms with Gasteiger partial charge in [0.1, 0.15) is 6.10 Å². The molecule has 0 unspecified atom stereocenters. The zero-order valence-corrected chi connectivity index (χ0v) is 13.3. The van der Waals surface area contributed by atoms with Crippen LogP contribution in [0.2, 0.25) is 0 Å². The maximum absolute atomic E-state index is 12.2. The van der Waals surface area contributed by atoms with Crippen LogP contribution in [0.25, 0.3) is 10.9 Å².